The van der Waals surface area contributed by atoms with Crippen molar-refractivity contribution in [2.24, 2.45) is 0 Å². The average Bonchev–Trinajstić information content (AvgIpc) is 2.41. The van der Waals surface area contributed by atoms with Crippen molar-refractivity contribution in [1.29, 1.82) is 0 Å². The number of hydrogen-bond donors (Lipinski definition) is 2. The second kappa shape index (κ2) is 5.05. The van der Waals surface area contributed by atoms with E-state index >= 15 is 0 Å². The van der Waals surface area contributed by atoms with Crippen molar-refractivity contribution in [3.05, 3.63) is 35.9 Å². The summed E-state index contributed by atoms with van der Waals surface area (Å²) in [4.78, 5) is 0. The molecule has 1 heterocycles. The fourth-order valence-electron chi connectivity index (χ4n) is 2.07. The zero-order valence-electron chi connectivity index (χ0n) is 10.4. The van der Waals surface area contributed by atoms with Crippen LogP contribution in [0.5, 0.6) is 34.5 Å². The Morgan fingerprint density at radius 1 is 0.952 bits per heavy atom. The fourth-order valence-corrected chi connectivity index (χ4v) is 2.47. The van der Waals surface area contributed by atoms with Gasteiger partial charge in [0, 0.05) is 18.1 Å². The quantitative estimate of drug-likeness (QED) is 0.485. The number of phenolic OH excluding ortho intramolecular Hbond substituents is 2. The summed E-state index contributed by atoms with van der Waals surface area (Å²) in [6.07, 6.45) is -0.147. The van der Waals surface area contributed by atoms with E-state index in [2.05, 4.69) is 0 Å². The van der Waals surface area contributed by atoms with E-state index < -0.39 is 9.54 Å². The third-order valence-corrected chi connectivity index (χ3v) is 3.35. The van der Waals surface area contributed by atoms with Crippen molar-refractivity contribution in [3.8, 4) is 34.5 Å². The average molecular weight is 348 g/mol. The molecule has 0 bridgehead atoms. The molecule has 0 aromatic heterocycles. The SMILES string of the molecule is Oc1cc2c(c(CC(Cl)(Cl)Cl)c1O)Oc1ccccc1O2. The van der Waals surface area contributed by atoms with Gasteiger partial charge in [0.15, 0.2) is 38.3 Å². The Bertz CT molecular complexity index is 710. The Morgan fingerprint density at radius 2 is 1.57 bits per heavy atom. The van der Waals surface area contributed by atoms with E-state index in [9.17, 15) is 10.2 Å². The lowest BCUT2D eigenvalue weighted by atomic mass is 10.1. The van der Waals surface area contributed by atoms with Crippen LogP contribution in [-0.2, 0) is 6.42 Å². The molecule has 21 heavy (non-hydrogen) atoms. The van der Waals surface area contributed by atoms with Crippen LogP contribution in [0.15, 0.2) is 30.3 Å². The van der Waals surface area contributed by atoms with Crippen LogP contribution in [0.1, 0.15) is 5.56 Å². The first kappa shape index (κ1) is 14.4. The largest absolute Gasteiger partial charge is 0.504 e. The predicted molar refractivity (Wildman–Crippen MR) is 80.4 cm³/mol. The van der Waals surface area contributed by atoms with Crippen molar-refractivity contribution in [2.75, 3.05) is 0 Å². The molecule has 0 unspecified atom stereocenters. The molecule has 1 aliphatic rings. The van der Waals surface area contributed by atoms with E-state index in [1.807, 2.05) is 0 Å². The Labute approximate surface area is 135 Å². The van der Waals surface area contributed by atoms with E-state index in [0.29, 0.717) is 11.5 Å². The lowest BCUT2D eigenvalue weighted by Crippen LogP contribution is -2.10. The topological polar surface area (TPSA) is 58.9 Å². The number of benzene rings is 2. The highest BCUT2D eigenvalue weighted by atomic mass is 35.6. The number of fused-ring (bicyclic) bond motifs is 2. The third-order valence-electron chi connectivity index (χ3n) is 2.95. The molecule has 2 aromatic carbocycles. The van der Waals surface area contributed by atoms with Crippen molar-refractivity contribution in [1.82, 2.24) is 0 Å². The van der Waals surface area contributed by atoms with Crippen LogP contribution in [0.4, 0.5) is 0 Å². The summed E-state index contributed by atoms with van der Waals surface area (Å²) in [6, 6.07) is 8.25. The Balaban J connectivity index is 2.13. The normalized spacial score (nSPS) is 12.9. The molecule has 4 nitrogen and oxygen atoms in total. The maximum absolute atomic E-state index is 10.0. The van der Waals surface area contributed by atoms with Gasteiger partial charge >= 0.3 is 0 Å². The van der Waals surface area contributed by atoms with Gasteiger partial charge in [0.1, 0.15) is 0 Å². The van der Waals surface area contributed by atoms with E-state index in [1.54, 1.807) is 24.3 Å². The molecule has 0 saturated heterocycles. The maximum Gasteiger partial charge on any atom is 0.194 e. The minimum atomic E-state index is -1.65. The van der Waals surface area contributed by atoms with Crippen LogP contribution in [-0.4, -0.2) is 14.0 Å². The molecular weight excluding hydrogens is 339 g/mol. The highest BCUT2D eigenvalue weighted by Crippen LogP contribution is 2.53. The zero-order valence-corrected chi connectivity index (χ0v) is 12.7. The smallest absolute Gasteiger partial charge is 0.194 e. The van der Waals surface area contributed by atoms with Crippen LogP contribution in [0.3, 0.4) is 0 Å². The fraction of sp³-hybridized carbons (Fsp3) is 0.143. The molecule has 0 spiro atoms. The van der Waals surface area contributed by atoms with Crippen molar-refractivity contribution in [3.63, 3.8) is 0 Å². The number of para-hydroxylation sites is 2. The Hall–Kier alpha value is -1.49. The summed E-state index contributed by atoms with van der Waals surface area (Å²) in [7, 11) is 0. The van der Waals surface area contributed by atoms with Gasteiger partial charge in [-0.05, 0) is 12.1 Å². The Kier molecular flexibility index (Phi) is 3.48. The number of hydrogen-bond acceptors (Lipinski definition) is 4. The van der Waals surface area contributed by atoms with Gasteiger partial charge in [-0.1, -0.05) is 46.9 Å². The van der Waals surface area contributed by atoms with Crippen molar-refractivity contribution >= 4 is 34.8 Å². The van der Waals surface area contributed by atoms with Gasteiger partial charge in [0.2, 0.25) is 0 Å². The summed E-state index contributed by atoms with van der Waals surface area (Å²) in [5.41, 5.74) is 0.166. The summed E-state index contributed by atoms with van der Waals surface area (Å²) < 4.78 is 9.71. The van der Waals surface area contributed by atoms with Crippen LogP contribution >= 0.6 is 34.8 Å². The van der Waals surface area contributed by atoms with Crippen LogP contribution < -0.4 is 9.47 Å². The molecule has 7 heteroatoms. The summed E-state index contributed by atoms with van der Waals surface area (Å²) in [6.45, 7) is 0. The van der Waals surface area contributed by atoms with Gasteiger partial charge in [-0.15, -0.1) is 0 Å². The Morgan fingerprint density at radius 3 is 2.19 bits per heavy atom. The first-order valence-corrected chi connectivity index (χ1v) is 7.08. The van der Waals surface area contributed by atoms with E-state index in [1.165, 1.54) is 6.07 Å². The number of alkyl halides is 3. The third kappa shape index (κ3) is 2.79. The van der Waals surface area contributed by atoms with E-state index in [-0.39, 0.29) is 29.2 Å². The summed E-state index contributed by atoms with van der Waals surface area (Å²) >= 11 is 17.3. The number of ether oxygens (including phenoxy) is 2. The minimum Gasteiger partial charge on any atom is -0.504 e. The van der Waals surface area contributed by atoms with Gasteiger partial charge in [-0.2, -0.15) is 0 Å². The van der Waals surface area contributed by atoms with Crippen molar-refractivity contribution in [2.45, 2.75) is 10.2 Å². The van der Waals surface area contributed by atoms with E-state index in [4.69, 9.17) is 44.3 Å². The molecule has 3 rings (SSSR count). The van der Waals surface area contributed by atoms with Gasteiger partial charge < -0.3 is 19.7 Å². The number of halogens is 3. The predicted octanol–water partition coefficient (Wildman–Crippen LogP) is 4.91. The zero-order chi connectivity index (χ0) is 15.2. The molecule has 0 radical (unpaired) electrons. The van der Waals surface area contributed by atoms with Gasteiger partial charge in [-0.25, -0.2) is 0 Å². The molecule has 2 aromatic rings. The van der Waals surface area contributed by atoms with Gasteiger partial charge in [-0.3, -0.25) is 0 Å². The standard InChI is InChI=1S/C14H9Cl3O4/c15-14(16,17)6-7-12(19)8(18)5-11-13(7)21-10-4-2-1-3-9(10)20-11/h1-5,18-19H,6H2. The summed E-state index contributed by atoms with van der Waals surface area (Å²) in [5, 5.41) is 19.8. The lowest BCUT2D eigenvalue weighted by molar-refractivity contribution is 0.340. The first-order valence-electron chi connectivity index (χ1n) is 5.94. The molecule has 0 amide bonds. The monoisotopic (exact) mass is 346 g/mol. The lowest BCUT2D eigenvalue weighted by Gasteiger charge is -2.24. The molecule has 0 saturated carbocycles. The number of phenols is 2. The summed E-state index contributed by atoms with van der Waals surface area (Å²) in [5.74, 6) is 0.656. The highest BCUT2D eigenvalue weighted by molar-refractivity contribution is 6.67. The van der Waals surface area contributed by atoms with E-state index in [0.717, 1.165) is 0 Å². The molecule has 0 fully saturated rings. The maximum atomic E-state index is 10.0. The van der Waals surface area contributed by atoms with Crippen LogP contribution in [0, 0.1) is 0 Å². The molecule has 1 aliphatic heterocycles. The number of aromatic hydroxyl groups is 2. The minimum absolute atomic E-state index is 0.147. The number of rotatable bonds is 1. The van der Waals surface area contributed by atoms with Crippen LogP contribution in [0.2, 0.25) is 0 Å². The molecule has 0 aliphatic carbocycles. The molecular formula is C14H9Cl3O4. The molecule has 110 valence electrons. The van der Waals surface area contributed by atoms with Gasteiger partial charge in [0.25, 0.3) is 0 Å². The van der Waals surface area contributed by atoms with Crippen molar-refractivity contribution < 1.29 is 19.7 Å². The second-order valence-electron chi connectivity index (χ2n) is 4.49. The van der Waals surface area contributed by atoms with Gasteiger partial charge in [0.05, 0.1) is 0 Å². The second-order valence-corrected chi connectivity index (χ2v) is 7.01. The molecule has 2 N–H and O–H groups in total. The first-order chi connectivity index (χ1) is 9.85. The van der Waals surface area contributed by atoms with Crippen LogP contribution in [0.25, 0.3) is 0 Å². The molecule has 0 atom stereocenters. The highest BCUT2D eigenvalue weighted by Gasteiger charge is 2.31.